The molecule has 5 rings (SSSR count). The lowest BCUT2D eigenvalue weighted by atomic mass is 10.1. The van der Waals surface area contributed by atoms with Gasteiger partial charge >= 0.3 is 0 Å². The van der Waals surface area contributed by atoms with E-state index in [4.69, 9.17) is 0 Å². The molecule has 120 valence electrons. The number of hydrogen-bond acceptors (Lipinski definition) is 4. The third-order valence-corrected chi connectivity index (χ3v) is 5.08. The predicted octanol–water partition coefficient (Wildman–Crippen LogP) is 3.97. The monoisotopic (exact) mass is 344 g/mol. The largest absolute Gasteiger partial charge is 0.360 e. The van der Waals surface area contributed by atoms with Crippen LogP contribution in [0.15, 0.2) is 71.7 Å². The summed E-state index contributed by atoms with van der Waals surface area (Å²) in [5.41, 5.74) is 3.43. The summed E-state index contributed by atoms with van der Waals surface area (Å²) in [6.45, 7) is 0. The van der Waals surface area contributed by atoms with Crippen molar-refractivity contribution in [2.45, 2.75) is 0 Å². The number of fused-ring (bicyclic) bond motifs is 2. The van der Waals surface area contributed by atoms with Crippen molar-refractivity contribution in [3.8, 4) is 21.8 Å². The molecule has 0 atom stereocenters. The van der Waals surface area contributed by atoms with Gasteiger partial charge < -0.3 is 4.98 Å². The summed E-state index contributed by atoms with van der Waals surface area (Å²) in [5.74, 6) is 0. The fourth-order valence-electron chi connectivity index (χ4n) is 2.92. The Labute approximate surface area is 146 Å². The number of H-pyrrole nitrogens is 1. The van der Waals surface area contributed by atoms with Crippen LogP contribution in [0.5, 0.6) is 0 Å². The molecule has 0 fully saturated rings. The second kappa shape index (κ2) is 5.39. The summed E-state index contributed by atoms with van der Waals surface area (Å²) < 4.78 is 1.37. The van der Waals surface area contributed by atoms with E-state index in [1.165, 1.54) is 21.9 Å². The van der Waals surface area contributed by atoms with E-state index in [-0.39, 0.29) is 5.56 Å². The molecule has 3 aromatic heterocycles. The second-order valence-corrected chi connectivity index (χ2v) is 6.65. The Balaban J connectivity index is 1.72. The van der Waals surface area contributed by atoms with Crippen LogP contribution < -0.4 is 5.56 Å². The molecule has 0 saturated carbocycles. The van der Waals surface area contributed by atoms with Gasteiger partial charge in [-0.25, -0.2) is 4.98 Å². The summed E-state index contributed by atoms with van der Waals surface area (Å²) in [6, 6.07) is 19.3. The molecule has 0 aliphatic heterocycles. The fraction of sp³-hybridized carbons (Fsp3) is 0. The molecule has 1 N–H and O–H groups in total. The van der Waals surface area contributed by atoms with Gasteiger partial charge in [0, 0.05) is 34.3 Å². The minimum atomic E-state index is -0.175. The summed E-state index contributed by atoms with van der Waals surface area (Å²) in [7, 11) is 0. The van der Waals surface area contributed by atoms with Crippen molar-refractivity contribution in [1.29, 1.82) is 0 Å². The van der Waals surface area contributed by atoms with Gasteiger partial charge in [-0.2, -0.15) is 9.61 Å². The molecule has 6 heteroatoms. The molecule has 0 saturated heterocycles. The number of nitrogens with zero attached hydrogens (tertiary/aromatic N) is 3. The van der Waals surface area contributed by atoms with Gasteiger partial charge in [0.25, 0.3) is 5.56 Å². The quantitative estimate of drug-likeness (QED) is 0.527. The van der Waals surface area contributed by atoms with Gasteiger partial charge in [0.15, 0.2) is 0 Å². The summed E-state index contributed by atoms with van der Waals surface area (Å²) in [6.07, 6.45) is 1.92. The minimum Gasteiger partial charge on any atom is -0.360 e. The van der Waals surface area contributed by atoms with Gasteiger partial charge in [0.05, 0.1) is 5.69 Å². The predicted molar refractivity (Wildman–Crippen MR) is 99.9 cm³/mol. The van der Waals surface area contributed by atoms with Gasteiger partial charge in [-0.15, -0.1) is 0 Å². The zero-order valence-corrected chi connectivity index (χ0v) is 13.8. The zero-order chi connectivity index (χ0) is 16.8. The maximum Gasteiger partial charge on any atom is 0.275 e. The molecule has 0 bridgehead atoms. The zero-order valence-electron chi connectivity index (χ0n) is 13.0. The smallest absolute Gasteiger partial charge is 0.275 e. The molecule has 5 aromatic rings. The van der Waals surface area contributed by atoms with E-state index in [1.807, 2.05) is 60.8 Å². The van der Waals surface area contributed by atoms with Gasteiger partial charge in [-0.05, 0) is 6.07 Å². The van der Waals surface area contributed by atoms with Crippen molar-refractivity contribution >= 4 is 27.2 Å². The molecule has 3 heterocycles. The Hall–Kier alpha value is -3.25. The Bertz CT molecular complexity index is 1270. The van der Waals surface area contributed by atoms with E-state index in [0.717, 1.165) is 27.0 Å². The van der Waals surface area contributed by atoms with E-state index < -0.39 is 0 Å². The van der Waals surface area contributed by atoms with E-state index in [0.29, 0.717) is 10.7 Å². The van der Waals surface area contributed by atoms with Crippen molar-refractivity contribution < 1.29 is 0 Å². The summed E-state index contributed by atoms with van der Waals surface area (Å²) in [4.78, 5) is 20.9. The minimum absolute atomic E-state index is 0.175. The highest BCUT2D eigenvalue weighted by molar-refractivity contribution is 7.19. The van der Waals surface area contributed by atoms with Gasteiger partial charge in [-0.3, -0.25) is 4.79 Å². The molecular weight excluding hydrogens is 332 g/mol. The van der Waals surface area contributed by atoms with Crippen LogP contribution in [0.4, 0.5) is 0 Å². The lowest BCUT2D eigenvalue weighted by Gasteiger charge is -1.99. The molecular formula is C19H12N4OS. The van der Waals surface area contributed by atoms with Crippen LogP contribution in [0.25, 0.3) is 37.7 Å². The standard InChI is InChI=1S/C19H12N4OS/c24-17-10-16(12-6-2-1-3-7-12)21-19-23(17)22-18(25-19)14-11-20-15-9-5-4-8-13(14)15/h1-11,20H. The van der Waals surface area contributed by atoms with Crippen LogP contribution in [0.1, 0.15) is 0 Å². The van der Waals surface area contributed by atoms with Crippen molar-refractivity contribution in [1.82, 2.24) is 19.6 Å². The SMILES string of the molecule is O=c1cc(-c2ccccc2)nc2sc(-c3c[nH]c4ccccc34)nn12. The van der Waals surface area contributed by atoms with Gasteiger partial charge in [0.2, 0.25) is 4.96 Å². The van der Waals surface area contributed by atoms with E-state index >= 15 is 0 Å². The van der Waals surface area contributed by atoms with Crippen LogP contribution in [0.2, 0.25) is 0 Å². The Morgan fingerprint density at radius 2 is 1.80 bits per heavy atom. The first kappa shape index (κ1) is 14.1. The summed E-state index contributed by atoms with van der Waals surface area (Å²) >= 11 is 1.41. The number of aromatic amines is 1. The Morgan fingerprint density at radius 3 is 2.68 bits per heavy atom. The first-order chi connectivity index (χ1) is 12.3. The average molecular weight is 344 g/mol. The number of benzene rings is 2. The van der Waals surface area contributed by atoms with Crippen LogP contribution in [-0.2, 0) is 0 Å². The molecule has 0 amide bonds. The number of hydrogen-bond donors (Lipinski definition) is 1. The van der Waals surface area contributed by atoms with E-state index in [9.17, 15) is 4.79 Å². The molecule has 0 aliphatic carbocycles. The molecule has 0 spiro atoms. The first-order valence-electron chi connectivity index (χ1n) is 7.82. The van der Waals surface area contributed by atoms with Crippen molar-refractivity contribution in [3.63, 3.8) is 0 Å². The highest BCUT2D eigenvalue weighted by Crippen LogP contribution is 2.31. The highest BCUT2D eigenvalue weighted by atomic mass is 32.1. The summed E-state index contributed by atoms with van der Waals surface area (Å²) in [5, 5.41) is 6.33. The molecule has 5 nitrogen and oxygen atoms in total. The lowest BCUT2D eigenvalue weighted by molar-refractivity contribution is 0.905. The van der Waals surface area contributed by atoms with Crippen molar-refractivity contribution in [2.24, 2.45) is 0 Å². The van der Waals surface area contributed by atoms with Gasteiger partial charge in [-0.1, -0.05) is 59.9 Å². The maximum absolute atomic E-state index is 12.5. The maximum atomic E-state index is 12.5. The molecule has 25 heavy (non-hydrogen) atoms. The first-order valence-corrected chi connectivity index (χ1v) is 8.64. The molecule has 0 aliphatic rings. The van der Waals surface area contributed by atoms with Gasteiger partial charge in [0.1, 0.15) is 5.01 Å². The van der Waals surface area contributed by atoms with Crippen LogP contribution in [-0.4, -0.2) is 19.6 Å². The third-order valence-electron chi connectivity index (χ3n) is 4.13. The Kier molecular flexibility index (Phi) is 3.05. The second-order valence-electron chi connectivity index (χ2n) is 5.70. The van der Waals surface area contributed by atoms with Crippen molar-refractivity contribution in [2.75, 3.05) is 0 Å². The topological polar surface area (TPSA) is 63.0 Å². The molecule has 2 aromatic carbocycles. The number of rotatable bonds is 2. The van der Waals surface area contributed by atoms with Crippen LogP contribution in [0, 0.1) is 0 Å². The van der Waals surface area contributed by atoms with Crippen LogP contribution >= 0.6 is 11.3 Å². The van der Waals surface area contributed by atoms with Crippen molar-refractivity contribution in [3.05, 3.63) is 77.2 Å². The fourth-order valence-corrected chi connectivity index (χ4v) is 3.86. The molecule has 0 radical (unpaired) electrons. The lowest BCUT2D eigenvalue weighted by Crippen LogP contribution is -2.14. The third kappa shape index (κ3) is 2.27. The number of aromatic nitrogens is 4. The number of para-hydroxylation sites is 1. The normalized spacial score (nSPS) is 11.4. The van der Waals surface area contributed by atoms with E-state index in [2.05, 4.69) is 15.1 Å². The van der Waals surface area contributed by atoms with Crippen LogP contribution in [0.3, 0.4) is 0 Å². The van der Waals surface area contributed by atoms with E-state index in [1.54, 1.807) is 0 Å². The number of nitrogens with one attached hydrogen (secondary N) is 1. The highest BCUT2D eigenvalue weighted by Gasteiger charge is 2.14. The Morgan fingerprint density at radius 1 is 1.00 bits per heavy atom. The average Bonchev–Trinajstić information content (AvgIpc) is 3.26. The molecule has 0 unspecified atom stereocenters.